The van der Waals surface area contributed by atoms with Gasteiger partial charge in [0.05, 0.1) is 24.9 Å². The predicted molar refractivity (Wildman–Crippen MR) is 120 cm³/mol. The van der Waals surface area contributed by atoms with Gasteiger partial charge < -0.3 is 14.2 Å². The van der Waals surface area contributed by atoms with Crippen LogP contribution >= 0.6 is 11.3 Å². The molecule has 1 aliphatic heterocycles. The molecule has 1 aliphatic rings. The molecule has 1 amide bonds. The van der Waals surface area contributed by atoms with E-state index in [4.69, 9.17) is 9.40 Å². The van der Waals surface area contributed by atoms with E-state index >= 15 is 0 Å². The molecule has 1 saturated heterocycles. The average Bonchev–Trinajstić information content (AvgIpc) is 3.45. The number of likely N-dealkylation sites (tertiary alicyclic amines) is 1. The first kappa shape index (κ1) is 20.8. The number of thiazole rings is 1. The first-order valence-corrected chi connectivity index (χ1v) is 11.5. The molecule has 0 aliphatic carbocycles. The lowest BCUT2D eigenvalue weighted by molar-refractivity contribution is -0.134. The molecule has 1 aromatic carbocycles. The normalized spacial score (nSPS) is 15.4. The van der Waals surface area contributed by atoms with E-state index in [9.17, 15) is 4.79 Å². The zero-order valence-corrected chi connectivity index (χ0v) is 18.5. The Hall–Kier alpha value is -2.44. The highest BCUT2D eigenvalue weighted by molar-refractivity contribution is 7.13. The summed E-state index contributed by atoms with van der Waals surface area (Å²) >= 11 is 1.60. The molecule has 0 spiro atoms. The molecule has 3 heterocycles. The molecule has 0 bridgehead atoms. The Labute approximate surface area is 182 Å². The summed E-state index contributed by atoms with van der Waals surface area (Å²) in [6, 6.07) is 12.6. The third-order valence-electron chi connectivity index (χ3n) is 5.85. The largest absolute Gasteiger partial charge is 0.467 e. The molecule has 0 saturated carbocycles. The fourth-order valence-corrected chi connectivity index (χ4v) is 4.78. The van der Waals surface area contributed by atoms with Gasteiger partial charge in [-0.2, -0.15) is 0 Å². The second-order valence-electron chi connectivity index (χ2n) is 8.01. The lowest BCUT2D eigenvalue weighted by Crippen LogP contribution is -2.46. The Bertz CT molecular complexity index is 941. The van der Waals surface area contributed by atoms with Crippen LogP contribution in [-0.4, -0.2) is 46.9 Å². The fraction of sp³-hybridized carbons (Fsp3) is 0.417. The quantitative estimate of drug-likeness (QED) is 0.556. The summed E-state index contributed by atoms with van der Waals surface area (Å²) in [4.78, 5) is 22.4. The maximum atomic E-state index is 13.3. The summed E-state index contributed by atoms with van der Waals surface area (Å²) in [6.07, 6.45) is 5.02. The first-order valence-electron chi connectivity index (χ1n) is 10.7. The molecule has 0 radical (unpaired) electrons. The number of aromatic nitrogens is 1. The first-order chi connectivity index (χ1) is 14.6. The number of piperidine rings is 1. The molecular formula is C24H29N3O2S. The number of carbonyl (C=O) groups excluding carboxylic acids is 1. The summed E-state index contributed by atoms with van der Waals surface area (Å²) in [7, 11) is 2.14. The Morgan fingerprint density at radius 2 is 2.00 bits per heavy atom. The molecule has 5 nitrogen and oxygen atoms in total. The van der Waals surface area contributed by atoms with Crippen molar-refractivity contribution in [1.29, 1.82) is 0 Å². The van der Waals surface area contributed by atoms with Gasteiger partial charge in [-0.05, 0) is 57.1 Å². The Kier molecular flexibility index (Phi) is 6.65. The van der Waals surface area contributed by atoms with Gasteiger partial charge in [0.15, 0.2) is 0 Å². The number of furan rings is 1. The number of hydrogen-bond acceptors (Lipinski definition) is 5. The minimum Gasteiger partial charge on any atom is -0.467 e. The van der Waals surface area contributed by atoms with Crippen LogP contribution in [0.1, 0.15) is 36.8 Å². The van der Waals surface area contributed by atoms with Gasteiger partial charge in [-0.1, -0.05) is 31.2 Å². The molecule has 3 aromatic rings. The maximum Gasteiger partial charge on any atom is 0.229 e. The van der Waals surface area contributed by atoms with Crippen molar-refractivity contribution in [2.75, 3.05) is 20.1 Å². The number of carbonyl (C=O) groups is 1. The number of hydrogen-bond donors (Lipinski definition) is 0. The van der Waals surface area contributed by atoms with E-state index in [1.54, 1.807) is 17.6 Å². The van der Waals surface area contributed by atoms with Gasteiger partial charge in [0.1, 0.15) is 10.8 Å². The van der Waals surface area contributed by atoms with Crippen LogP contribution in [0.25, 0.3) is 10.6 Å². The zero-order chi connectivity index (χ0) is 20.9. The molecule has 4 rings (SSSR count). The Morgan fingerprint density at radius 3 is 2.67 bits per heavy atom. The summed E-state index contributed by atoms with van der Waals surface area (Å²) in [6.45, 7) is 4.71. The lowest BCUT2D eigenvalue weighted by Gasteiger charge is -2.37. The standard InChI is InChI=1S/C24H29N3O2S/c1-3-18-6-8-19(9-7-18)24-25-20(17-30-24)15-23(28)27(16-22-5-4-14-29-22)21-10-12-26(2)13-11-21/h4-9,14,17,21H,3,10-13,15-16H2,1-2H3. The summed E-state index contributed by atoms with van der Waals surface area (Å²) in [5, 5.41) is 2.98. The molecule has 6 heteroatoms. The highest BCUT2D eigenvalue weighted by Gasteiger charge is 2.28. The van der Waals surface area contributed by atoms with Crippen molar-refractivity contribution in [2.24, 2.45) is 0 Å². The predicted octanol–water partition coefficient (Wildman–Crippen LogP) is 4.63. The molecule has 0 atom stereocenters. The zero-order valence-electron chi connectivity index (χ0n) is 17.7. The van der Waals surface area contributed by atoms with E-state index in [1.165, 1.54) is 5.56 Å². The average molecular weight is 424 g/mol. The van der Waals surface area contributed by atoms with Crippen LogP contribution in [0.3, 0.4) is 0 Å². The van der Waals surface area contributed by atoms with Gasteiger partial charge in [-0.15, -0.1) is 11.3 Å². The molecule has 30 heavy (non-hydrogen) atoms. The topological polar surface area (TPSA) is 49.6 Å². The summed E-state index contributed by atoms with van der Waals surface area (Å²) < 4.78 is 5.54. The van der Waals surface area contributed by atoms with Gasteiger partial charge in [0.25, 0.3) is 0 Å². The number of rotatable bonds is 7. The van der Waals surface area contributed by atoms with Crippen molar-refractivity contribution in [3.8, 4) is 10.6 Å². The SMILES string of the molecule is CCc1ccc(-c2nc(CC(=O)N(Cc3ccco3)C3CCN(C)CC3)cs2)cc1. The van der Waals surface area contributed by atoms with Crippen LogP contribution in [0.4, 0.5) is 0 Å². The summed E-state index contributed by atoms with van der Waals surface area (Å²) in [5.41, 5.74) is 3.27. The number of nitrogens with zero attached hydrogens (tertiary/aromatic N) is 3. The number of aryl methyl sites for hydroxylation is 1. The summed E-state index contributed by atoms with van der Waals surface area (Å²) in [5.74, 6) is 0.955. The monoisotopic (exact) mass is 423 g/mol. The number of amides is 1. The molecule has 2 aromatic heterocycles. The minimum absolute atomic E-state index is 0.124. The van der Waals surface area contributed by atoms with Gasteiger partial charge in [0.2, 0.25) is 5.91 Å². The molecule has 158 valence electrons. The smallest absolute Gasteiger partial charge is 0.229 e. The van der Waals surface area contributed by atoms with Crippen molar-refractivity contribution >= 4 is 17.2 Å². The highest BCUT2D eigenvalue weighted by Crippen LogP contribution is 2.26. The van der Waals surface area contributed by atoms with Crippen LogP contribution in [0, 0.1) is 0 Å². The second kappa shape index (κ2) is 9.58. The molecule has 0 unspecified atom stereocenters. The molecular weight excluding hydrogens is 394 g/mol. The van der Waals surface area contributed by atoms with Crippen LogP contribution in [0.5, 0.6) is 0 Å². The van der Waals surface area contributed by atoms with E-state index in [-0.39, 0.29) is 11.9 Å². The van der Waals surface area contributed by atoms with E-state index in [1.807, 2.05) is 22.4 Å². The number of benzene rings is 1. The van der Waals surface area contributed by atoms with Crippen LogP contribution in [0.15, 0.2) is 52.5 Å². The minimum atomic E-state index is 0.124. The van der Waals surface area contributed by atoms with Crippen molar-refractivity contribution in [2.45, 2.75) is 45.2 Å². The van der Waals surface area contributed by atoms with Crippen LogP contribution < -0.4 is 0 Å². The fourth-order valence-electron chi connectivity index (χ4n) is 3.96. The lowest BCUT2D eigenvalue weighted by atomic mass is 10.0. The third kappa shape index (κ3) is 4.99. The Morgan fingerprint density at radius 1 is 1.23 bits per heavy atom. The Balaban J connectivity index is 1.47. The third-order valence-corrected chi connectivity index (χ3v) is 6.79. The van der Waals surface area contributed by atoms with Gasteiger partial charge in [-0.3, -0.25) is 4.79 Å². The van der Waals surface area contributed by atoms with E-state index in [0.29, 0.717) is 13.0 Å². The van der Waals surface area contributed by atoms with Crippen LogP contribution in [-0.2, 0) is 24.2 Å². The van der Waals surface area contributed by atoms with Crippen molar-refractivity contribution in [1.82, 2.24) is 14.8 Å². The van der Waals surface area contributed by atoms with Crippen molar-refractivity contribution in [3.63, 3.8) is 0 Å². The van der Waals surface area contributed by atoms with E-state index < -0.39 is 0 Å². The van der Waals surface area contributed by atoms with E-state index in [0.717, 1.165) is 54.4 Å². The van der Waals surface area contributed by atoms with Crippen molar-refractivity contribution < 1.29 is 9.21 Å². The molecule has 0 N–H and O–H groups in total. The second-order valence-corrected chi connectivity index (χ2v) is 8.86. The van der Waals surface area contributed by atoms with Gasteiger partial charge in [-0.25, -0.2) is 4.98 Å². The van der Waals surface area contributed by atoms with Crippen LogP contribution in [0.2, 0.25) is 0 Å². The highest BCUT2D eigenvalue weighted by atomic mass is 32.1. The van der Waals surface area contributed by atoms with Gasteiger partial charge in [0, 0.05) is 17.0 Å². The van der Waals surface area contributed by atoms with Crippen molar-refractivity contribution in [3.05, 3.63) is 65.1 Å². The maximum absolute atomic E-state index is 13.3. The van der Waals surface area contributed by atoms with Gasteiger partial charge >= 0.3 is 0 Å². The molecule has 1 fully saturated rings. The van der Waals surface area contributed by atoms with E-state index in [2.05, 4.69) is 43.1 Å².